The first-order chi connectivity index (χ1) is 17.4. The minimum atomic E-state index is -0.0333. The smallest absolute Gasteiger partial charge is 0.208 e. The van der Waals surface area contributed by atoms with Gasteiger partial charge in [-0.25, -0.2) is 0 Å². The van der Waals surface area contributed by atoms with Crippen LogP contribution in [0.2, 0.25) is 0 Å². The van der Waals surface area contributed by atoms with Crippen molar-refractivity contribution in [2.24, 2.45) is 0 Å². The number of fused-ring (bicyclic) bond motifs is 1. The fraction of sp³-hybridized carbons (Fsp3) is 0.519. The monoisotopic (exact) mass is 503 g/mol. The van der Waals surface area contributed by atoms with Crippen LogP contribution in [-0.2, 0) is 13.0 Å². The molecule has 0 spiro atoms. The number of ketones is 1. The third-order valence-corrected chi connectivity index (χ3v) is 6.63. The van der Waals surface area contributed by atoms with Crippen LogP contribution < -0.4 is 33.2 Å². The molecule has 2 aromatic carbocycles. The van der Waals surface area contributed by atoms with Crippen LogP contribution in [0.3, 0.4) is 0 Å². The van der Waals surface area contributed by atoms with Crippen molar-refractivity contribution in [2.45, 2.75) is 32.7 Å². The molecule has 0 aromatic heterocycles. The summed E-state index contributed by atoms with van der Waals surface area (Å²) in [7, 11) is 11.0. The topological polar surface area (TPSA) is 84.9 Å². The Hall–Kier alpha value is -3.33. The first-order valence-electron chi connectivity index (χ1n) is 11.8. The van der Waals surface area contributed by atoms with E-state index < -0.39 is 0 Å². The van der Waals surface area contributed by atoms with Gasteiger partial charge in [-0.3, -0.25) is 9.69 Å². The zero-order chi connectivity index (χ0) is 26.4. The minimum absolute atomic E-state index is 0.0333. The van der Waals surface area contributed by atoms with Gasteiger partial charge >= 0.3 is 0 Å². The molecule has 0 bridgehead atoms. The third kappa shape index (κ3) is 4.97. The third-order valence-electron chi connectivity index (χ3n) is 6.63. The molecule has 198 valence electrons. The number of carbonyl (C=O) groups excluding carboxylic acids is 1. The van der Waals surface area contributed by atoms with Gasteiger partial charge in [-0.05, 0) is 37.9 Å². The maximum Gasteiger partial charge on any atom is 0.208 e. The average Bonchev–Trinajstić information content (AvgIpc) is 2.90. The van der Waals surface area contributed by atoms with E-state index in [0.717, 1.165) is 42.9 Å². The highest BCUT2D eigenvalue weighted by Gasteiger charge is 2.29. The molecule has 0 saturated carbocycles. The van der Waals surface area contributed by atoms with Gasteiger partial charge < -0.3 is 33.2 Å². The lowest BCUT2D eigenvalue weighted by molar-refractivity contribution is 0.0968. The van der Waals surface area contributed by atoms with Gasteiger partial charge in [-0.2, -0.15) is 0 Å². The predicted octanol–water partition coefficient (Wildman–Crippen LogP) is 4.08. The minimum Gasteiger partial charge on any atom is -0.493 e. The molecule has 36 heavy (non-hydrogen) atoms. The number of benzene rings is 2. The van der Waals surface area contributed by atoms with Crippen molar-refractivity contribution in [3.05, 3.63) is 28.3 Å². The molecule has 9 nitrogen and oxygen atoms in total. The Labute approximate surface area is 213 Å². The molecule has 0 atom stereocenters. The van der Waals surface area contributed by atoms with Crippen LogP contribution in [0, 0.1) is 6.92 Å². The quantitative estimate of drug-likeness (QED) is 0.398. The second-order valence-corrected chi connectivity index (χ2v) is 8.47. The van der Waals surface area contributed by atoms with Crippen LogP contribution in [0.25, 0.3) is 0 Å². The maximum atomic E-state index is 13.4. The highest BCUT2D eigenvalue weighted by atomic mass is 16.5. The summed E-state index contributed by atoms with van der Waals surface area (Å²) in [5.41, 5.74) is 3.40. The van der Waals surface area contributed by atoms with E-state index in [9.17, 15) is 4.79 Å². The Morgan fingerprint density at radius 2 is 1.36 bits per heavy atom. The lowest BCUT2D eigenvalue weighted by atomic mass is 9.96. The first kappa shape index (κ1) is 27.3. The Balaban J connectivity index is 1.76. The zero-order valence-electron chi connectivity index (χ0n) is 22.5. The average molecular weight is 504 g/mol. The summed E-state index contributed by atoms with van der Waals surface area (Å²) < 4.78 is 38.8. The summed E-state index contributed by atoms with van der Waals surface area (Å²) in [5, 5.41) is 0. The van der Waals surface area contributed by atoms with Gasteiger partial charge in [0.05, 0.1) is 55.3 Å². The fourth-order valence-electron chi connectivity index (χ4n) is 4.97. The molecule has 0 fully saturated rings. The molecule has 0 unspecified atom stereocenters. The van der Waals surface area contributed by atoms with Crippen molar-refractivity contribution in [1.82, 2.24) is 4.90 Å². The van der Waals surface area contributed by atoms with Crippen molar-refractivity contribution < 1.29 is 38.0 Å². The van der Waals surface area contributed by atoms with E-state index in [2.05, 4.69) is 4.90 Å². The van der Waals surface area contributed by atoms with E-state index in [1.807, 2.05) is 13.0 Å². The van der Waals surface area contributed by atoms with Gasteiger partial charge in [0.2, 0.25) is 17.2 Å². The number of hydrogen-bond donors (Lipinski definition) is 0. The van der Waals surface area contributed by atoms with Gasteiger partial charge in [-0.15, -0.1) is 0 Å². The largest absolute Gasteiger partial charge is 0.493 e. The Morgan fingerprint density at radius 1 is 0.778 bits per heavy atom. The van der Waals surface area contributed by atoms with E-state index in [1.54, 1.807) is 28.4 Å². The molecule has 0 N–H and O–H groups in total. The molecule has 0 radical (unpaired) electrons. The fourth-order valence-corrected chi connectivity index (χ4v) is 4.97. The molecule has 2 aromatic rings. The van der Waals surface area contributed by atoms with Gasteiger partial charge in [0.25, 0.3) is 0 Å². The highest BCUT2D eigenvalue weighted by Crippen LogP contribution is 2.49. The predicted molar refractivity (Wildman–Crippen MR) is 136 cm³/mol. The number of carbonyl (C=O) groups is 1. The summed E-state index contributed by atoms with van der Waals surface area (Å²) in [4.78, 5) is 15.7. The summed E-state index contributed by atoms with van der Waals surface area (Å²) in [5.74, 6) is 3.53. The van der Waals surface area contributed by atoms with Crippen LogP contribution >= 0.6 is 0 Å². The summed E-state index contributed by atoms with van der Waals surface area (Å²) in [6, 6.07) is 2.01. The lowest BCUT2D eigenvalue weighted by Crippen LogP contribution is -2.32. The normalized spacial score (nSPS) is 13.0. The van der Waals surface area contributed by atoms with E-state index >= 15 is 0 Å². The van der Waals surface area contributed by atoms with Crippen molar-refractivity contribution >= 4 is 5.78 Å². The number of rotatable bonds is 12. The number of hydrogen-bond acceptors (Lipinski definition) is 9. The Bertz CT molecular complexity index is 1100. The summed E-state index contributed by atoms with van der Waals surface area (Å²) in [6.45, 7) is 4.20. The van der Waals surface area contributed by atoms with Gasteiger partial charge in [-0.1, -0.05) is 0 Å². The van der Waals surface area contributed by atoms with Crippen molar-refractivity contribution in [3.8, 4) is 40.2 Å². The van der Waals surface area contributed by atoms with Crippen LogP contribution in [0.5, 0.6) is 40.2 Å². The van der Waals surface area contributed by atoms with Crippen LogP contribution in [0.15, 0.2) is 6.07 Å². The van der Waals surface area contributed by atoms with Crippen molar-refractivity contribution in [2.75, 3.05) is 62.9 Å². The molecule has 9 heteroatoms. The highest BCUT2D eigenvalue weighted by molar-refractivity contribution is 6.02. The van der Waals surface area contributed by atoms with Gasteiger partial charge in [0.1, 0.15) is 0 Å². The molecular weight excluding hydrogens is 466 g/mol. The number of ether oxygens (including phenoxy) is 7. The van der Waals surface area contributed by atoms with E-state index in [0.29, 0.717) is 58.5 Å². The van der Waals surface area contributed by atoms with E-state index in [1.165, 1.54) is 21.3 Å². The molecule has 1 aliphatic rings. The molecule has 0 amide bonds. The van der Waals surface area contributed by atoms with Crippen LogP contribution in [-0.4, -0.2) is 73.5 Å². The van der Waals surface area contributed by atoms with E-state index in [4.69, 9.17) is 33.2 Å². The molecule has 1 heterocycles. The number of Topliss-reactive ketones (excluding diaryl/α,β-unsaturated/α-hetero) is 1. The van der Waals surface area contributed by atoms with Crippen LogP contribution in [0.1, 0.15) is 39.9 Å². The second kappa shape index (κ2) is 12.1. The van der Waals surface area contributed by atoms with Crippen LogP contribution in [0.4, 0.5) is 0 Å². The van der Waals surface area contributed by atoms with Gasteiger partial charge in [0.15, 0.2) is 28.8 Å². The van der Waals surface area contributed by atoms with Crippen molar-refractivity contribution in [3.63, 3.8) is 0 Å². The summed E-state index contributed by atoms with van der Waals surface area (Å²) >= 11 is 0. The van der Waals surface area contributed by atoms with E-state index in [-0.39, 0.29) is 5.78 Å². The molecule has 0 aliphatic carbocycles. The number of methoxy groups -OCH3 is 7. The SMILES string of the molecule is COc1cc2c(c(OC)c1OC)CCN(CCCC(=O)c1c(C)c(OC)c(OC)c(OC)c1OC)C2. The Morgan fingerprint density at radius 3 is 1.92 bits per heavy atom. The number of nitrogens with zero attached hydrogens (tertiary/aromatic N) is 1. The molecule has 3 rings (SSSR count). The first-order valence-corrected chi connectivity index (χ1v) is 11.8. The standard InChI is InChI=1S/C27H37NO8/c1-16-21(25(34-6)27(36-8)26(35-7)22(16)31-3)19(29)10-9-12-28-13-11-18-17(15-28)14-20(30-2)24(33-5)23(18)32-4/h14H,9-13,15H2,1-8H3. The zero-order valence-corrected chi connectivity index (χ0v) is 22.5. The molecule has 0 saturated heterocycles. The molecule has 1 aliphatic heterocycles. The maximum absolute atomic E-state index is 13.4. The molecular formula is C27H37NO8. The summed E-state index contributed by atoms with van der Waals surface area (Å²) in [6.07, 6.45) is 1.87. The lowest BCUT2D eigenvalue weighted by Gasteiger charge is -2.30. The van der Waals surface area contributed by atoms with Gasteiger partial charge in [0, 0.05) is 30.6 Å². The van der Waals surface area contributed by atoms with Crippen molar-refractivity contribution in [1.29, 1.82) is 0 Å². The second-order valence-electron chi connectivity index (χ2n) is 8.47. The Kier molecular flexibility index (Phi) is 9.14.